The zero-order valence-electron chi connectivity index (χ0n) is 43.2. The first-order valence-electron chi connectivity index (χ1n) is 27.6. The molecule has 0 spiro atoms. The van der Waals surface area contributed by atoms with Crippen molar-refractivity contribution in [1.29, 1.82) is 0 Å². The SMILES string of the molecule is CC/C=C\C/C=C\C/C=C\C/C=C\C/C=C\CCC(=O)OCC(COC(=O)CCCCCCCCCCCCCCCCCC)OC(=O)CCCCC/C=C\C=C/CCCCCCCCC. The van der Waals surface area contributed by atoms with Gasteiger partial charge in [-0.15, -0.1) is 0 Å². The van der Waals surface area contributed by atoms with Crippen molar-refractivity contribution in [3.8, 4) is 0 Å². The van der Waals surface area contributed by atoms with Gasteiger partial charge in [-0.3, -0.25) is 14.4 Å². The Balaban J connectivity index is 4.51. The molecule has 0 aliphatic rings. The Labute approximate surface area is 407 Å². The standard InChI is InChI=1S/C60H102O6/c1-4-7-10-13-16-19-22-25-28-31-34-37-40-43-46-49-52-58(61)64-55-57(66-60(63)54-51-48-45-42-39-36-33-30-27-24-21-18-15-12-9-6-3)56-65-59(62)53-50-47-44-41-38-35-32-29-26-23-20-17-14-11-8-5-2/h7,10,16,19,25,28,30,33-34,36-37,39,43,46,57H,4-6,8-9,11-15,17-18,20-24,26-27,29,31-32,35,38,40-42,44-45,47-56H2,1-3H3/b10-7-,19-16-,28-25-,33-30-,37-34-,39-36-,46-43-. The van der Waals surface area contributed by atoms with Gasteiger partial charge in [0.05, 0.1) is 0 Å². The van der Waals surface area contributed by atoms with Gasteiger partial charge >= 0.3 is 17.9 Å². The van der Waals surface area contributed by atoms with Crippen molar-refractivity contribution in [2.24, 2.45) is 0 Å². The van der Waals surface area contributed by atoms with Crippen molar-refractivity contribution in [2.75, 3.05) is 13.2 Å². The van der Waals surface area contributed by atoms with E-state index in [4.69, 9.17) is 14.2 Å². The Morgan fingerprint density at radius 3 is 1.09 bits per heavy atom. The molecule has 6 nitrogen and oxygen atoms in total. The van der Waals surface area contributed by atoms with Crippen LogP contribution < -0.4 is 0 Å². The molecule has 0 bridgehead atoms. The number of carbonyl (C=O) groups excluding carboxylic acids is 3. The zero-order chi connectivity index (χ0) is 47.9. The third-order valence-corrected chi connectivity index (χ3v) is 11.7. The maximum atomic E-state index is 12.8. The minimum atomic E-state index is -0.819. The summed E-state index contributed by atoms with van der Waals surface area (Å²) in [5.74, 6) is -1.02. The molecule has 0 saturated heterocycles. The second-order valence-corrected chi connectivity index (χ2v) is 18.1. The smallest absolute Gasteiger partial charge is 0.306 e. The highest BCUT2D eigenvalue weighted by Gasteiger charge is 2.19. The molecular weight excluding hydrogens is 817 g/mol. The molecule has 0 fully saturated rings. The maximum absolute atomic E-state index is 12.8. The molecular formula is C60H102O6. The van der Waals surface area contributed by atoms with Crippen molar-refractivity contribution in [2.45, 2.75) is 264 Å². The van der Waals surface area contributed by atoms with Gasteiger partial charge in [-0.2, -0.15) is 0 Å². The van der Waals surface area contributed by atoms with Crippen LogP contribution in [0.15, 0.2) is 85.1 Å². The molecule has 0 aromatic rings. The number of rotatable bonds is 49. The van der Waals surface area contributed by atoms with E-state index in [-0.39, 0.29) is 44.0 Å². The van der Waals surface area contributed by atoms with Crippen molar-refractivity contribution >= 4 is 17.9 Å². The van der Waals surface area contributed by atoms with Gasteiger partial charge in [0.1, 0.15) is 13.2 Å². The average molecular weight is 919 g/mol. The predicted molar refractivity (Wildman–Crippen MR) is 284 cm³/mol. The summed E-state index contributed by atoms with van der Waals surface area (Å²) in [5.41, 5.74) is 0. The normalized spacial score (nSPS) is 12.7. The lowest BCUT2D eigenvalue weighted by molar-refractivity contribution is -0.166. The van der Waals surface area contributed by atoms with Gasteiger partial charge < -0.3 is 14.2 Å². The van der Waals surface area contributed by atoms with Crippen LogP contribution in [0.4, 0.5) is 0 Å². The molecule has 1 unspecified atom stereocenters. The summed E-state index contributed by atoms with van der Waals surface area (Å²) in [6, 6.07) is 0. The minimum Gasteiger partial charge on any atom is -0.462 e. The molecule has 66 heavy (non-hydrogen) atoms. The maximum Gasteiger partial charge on any atom is 0.306 e. The fraction of sp³-hybridized carbons (Fsp3) is 0.717. The third kappa shape index (κ3) is 51.6. The fourth-order valence-electron chi connectivity index (χ4n) is 7.54. The molecule has 0 heterocycles. The van der Waals surface area contributed by atoms with Gasteiger partial charge in [-0.05, 0) is 77.0 Å². The molecule has 0 aliphatic carbocycles. The lowest BCUT2D eigenvalue weighted by Crippen LogP contribution is -2.30. The van der Waals surface area contributed by atoms with Gasteiger partial charge in [-0.1, -0.05) is 247 Å². The number of ether oxygens (including phenoxy) is 3. The Kier molecular flexibility index (Phi) is 51.4. The van der Waals surface area contributed by atoms with Gasteiger partial charge in [0, 0.05) is 19.3 Å². The van der Waals surface area contributed by atoms with Gasteiger partial charge in [0.25, 0.3) is 0 Å². The van der Waals surface area contributed by atoms with E-state index in [0.717, 1.165) is 83.5 Å². The highest BCUT2D eigenvalue weighted by atomic mass is 16.6. The molecule has 0 aromatic carbocycles. The monoisotopic (exact) mass is 919 g/mol. The van der Waals surface area contributed by atoms with Crippen LogP contribution in [0.25, 0.3) is 0 Å². The Bertz CT molecular complexity index is 1290. The van der Waals surface area contributed by atoms with Crippen LogP contribution in [0.3, 0.4) is 0 Å². The van der Waals surface area contributed by atoms with E-state index in [0.29, 0.717) is 12.8 Å². The van der Waals surface area contributed by atoms with Crippen LogP contribution in [0.2, 0.25) is 0 Å². The fourth-order valence-corrected chi connectivity index (χ4v) is 7.54. The van der Waals surface area contributed by atoms with Crippen LogP contribution in [0, 0.1) is 0 Å². The third-order valence-electron chi connectivity index (χ3n) is 11.7. The number of hydrogen-bond donors (Lipinski definition) is 0. The second kappa shape index (κ2) is 54.2. The van der Waals surface area contributed by atoms with Gasteiger partial charge in [0.2, 0.25) is 0 Å². The molecule has 0 aromatic heterocycles. The number of hydrogen-bond acceptors (Lipinski definition) is 6. The number of unbranched alkanes of at least 4 members (excludes halogenated alkanes) is 25. The first-order valence-corrected chi connectivity index (χ1v) is 27.6. The van der Waals surface area contributed by atoms with Crippen LogP contribution >= 0.6 is 0 Å². The van der Waals surface area contributed by atoms with Crippen LogP contribution in [-0.4, -0.2) is 37.2 Å². The van der Waals surface area contributed by atoms with E-state index in [1.54, 1.807) is 0 Å². The Morgan fingerprint density at radius 2 is 0.667 bits per heavy atom. The van der Waals surface area contributed by atoms with E-state index >= 15 is 0 Å². The first-order chi connectivity index (χ1) is 32.5. The highest BCUT2D eigenvalue weighted by Crippen LogP contribution is 2.15. The predicted octanol–water partition coefficient (Wildman–Crippen LogP) is 18.4. The van der Waals surface area contributed by atoms with Gasteiger partial charge in [0.15, 0.2) is 6.10 Å². The first kappa shape index (κ1) is 62.6. The quantitative estimate of drug-likeness (QED) is 0.0199. The summed E-state index contributed by atoms with van der Waals surface area (Å²) in [5, 5.41) is 0. The van der Waals surface area contributed by atoms with Crippen molar-refractivity contribution < 1.29 is 28.6 Å². The molecule has 378 valence electrons. The lowest BCUT2D eigenvalue weighted by atomic mass is 10.0. The van der Waals surface area contributed by atoms with E-state index in [1.165, 1.54) is 128 Å². The van der Waals surface area contributed by atoms with Crippen LogP contribution in [0.5, 0.6) is 0 Å². The van der Waals surface area contributed by atoms with E-state index in [1.807, 2.05) is 6.08 Å². The summed E-state index contributed by atoms with van der Waals surface area (Å²) < 4.78 is 16.7. The van der Waals surface area contributed by atoms with Gasteiger partial charge in [-0.25, -0.2) is 0 Å². The van der Waals surface area contributed by atoms with E-state index in [9.17, 15) is 14.4 Å². The molecule has 0 aliphatic heterocycles. The van der Waals surface area contributed by atoms with Crippen molar-refractivity contribution in [3.05, 3.63) is 85.1 Å². The van der Waals surface area contributed by atoms with Crippen molar-refractivity contribution in [3.63, 3.8) is 0 Å². The largest absolute Gasteiger partial charge is 0.462 e. The molecule has 0 N–H and O–H groups in total. The molecule has 0 rings (SSSR count). The molecule has 6 heteroatoms. The molecule has 0 radical (unpaired) electrons. The number of carbonyl (C=O) groups is 3. The average Bonchev–Trinajstić information content (AvgIpc) is 3.31. The number of esters is 3. The Hall–Kier alpha value is -3.41. The highest BCUT2D eigenvalue weighted by molar-refractivity contribution is 5.71. The molecule has 0 amide bonds. The second-order valence-electron chi connectivity index (χ2n) is 18.1. The van der Waals surface area contributed by atoms with Crippen LogP contribution in [0.1, 0.15) is 258 Å². The summed E-state index contributed by atoms with van der Waals surface area (Å²) in [6.45, 7) is 6.45. The number of allylic oxidation sites excluding steroid dienone is 14. The summed E-state index contributed by atoms with van der Waals surface area (Å²) in [6.07, 6.45) is 70.1. The Morgan fingerprint density at radius 1 is 0.333 bits per heavy atom. The van der Waals surface area contributed by atoms with E-state index < -0.39 is 6.10 Å². The van der Waals surface area contributed by atoms with E-state index in [2.05, 4.69) is 99.8 Å². The molecule has 0 saturated carbocycles. The minimum absolute atomic E-state index is 0.108. The summed E-state index contributed by atoms with van der Waals surface area (Å²) in [4.78, 5) is 38.0. The van der Waals surface area contributed by atoms with Crippen LogP contribution in [-0.2, 0) is 28.6 Å². The summed E-state index contributed by atoms with van der Waals surface area (Å²) in [7, 11) is 0. The summed E-state index contributed by atoms with van der Waals surface area (Å²) >= 11 is 0. The molecule has 1 atom stereocenters. The topological polar surface area (TPSA) is 78.9 Å². The lowest BCUT2D eigenvalue weighted by Gasteiger charge is -2.18. The zero-order valence-corrected chi connectivity index (χ0v) is 43.2. The van der Waals surface area contributed by atoms with Crippen molar-refractivity contribution in [1.82, 2.24) is 0 Å².